The standard InChI is InChI=1S/C25H43N.BrH/c1-6-7-15-24-20-26(18-13-9-10-14-21(2)3)22(4)19-25(24,5)23-16-11-8-12-17-23;/h8,11-12,16-17,21-22,24H,6-7,9-10,13-15,18-20H2,1-5H3;1H. The van der Waals surface area contributed by atoms with E-state index in [1.807, 2.05) is 0 Å². The molecular weight excluding hydrogens is 394 g/mol. The van der Waals surface area contributed by atoms with Crippen molar-refractivity contribution in [1.29, 1.82) is 0 Å². The summed E-state index contributed by atoms with van der Waals surface area (Å²) < 4.78 is 0. The van der Waals surface area contributed by atoms with Gasteiger partial charge in [0, 0.05) is 12.6 Å². The number of unbranched alkanes of at least 4 members (excludes halogenated alkanes) is 3. The lowest BCUT2D eigenvalue weighted by Gasteiger charge is -2.50. The summed E-state index contributed by atoms with van der Waals surface area (Å²) in [5.74, 6) is 1.64. The second-order valence-electron chi connectivity index (χ2n) is 9.41. The molecule has 3 atom stereocenters. The molecule has 1 heterocycles. The molecule has 1 aliphatic heterocycles. The van der Waals surface area contributed by atoms with E-state index in [0.717, 1.165) is 11.8 Å². The normalized spacial score (nSPS) is 26.1. The van der Waals surface area contributed by atoms with Crippen molar-refractivity contribution in [2.75, 3.05) is 13.1 Å². The minimum Gasteiger partial charge on any atom is -0.300 e. The zero-order valence-corrected chi connectivity index (χ0v) is 20.3. The van der Waals surface area contributed by atoms with Crippen LogP contribution in [0.3, 0.4) is 0 Å². The third-order valence-corrected chi connectivity index (χ3v) is 6.76. The molecule has 1 aromatic carbocycles. The van der Waals surface area contributed by atoms with Gasteiger partial charge in [0.15, 0.2) is 0 Å². The van der Waals surface area contributed by atoms with E-state index in [9.17, 15) is 0 Å². The minimum atomic E-state index is 0. The molecule has 1 nitrogen and oxygen atoms in total. The molecule has 0 aromatic heterocycles. The molecule has 0 bridgehead atoms. The van der Waals surface area contributed by atoms with Crippen molar-refractivity contribution >= 4 is 17.0 Å². The Hall–Kier alpha value is -0.340. The van der Waals surface area contributed by atoms with Crippen LogP contribution in [0.25, 0.3) is 0 Å². The Kier molecular flexibility index (Phi) is 11.2. The number of hydrogen-bond acceptors (Lipinski definition) is 1. The fraction of sp³-hybridized carbons (Fsp3) is 0.760. The first-order valence-corrected chi connectivity index (χ1v) is 11.3. The smallest absolute Gasteiger partial charge is 0.00755 e. The van der Waals surface area contributed by atoms with Gasteiger partial charge in [-0.25, -0.2) is 0 Å². The summed E-state index contributed by atoms with van der Waals surface area (Å²) in [6.45, 7) is 14.6. The maximum absolute atomic E-state index is 2.81. The highest BCUT2D eigenvalue weighted by atomic mass is 79.9. The summed E-state index contributed by atoms with van der Waals surface area (Å²) in [6.07, 6.45) is 10.9. The van der Waals surface area contributed by atoms with Crippen LogP contribution in [-0.4, -0.2) is 24.0 Å². The molecule has 156 valence electrons. The SMILES string of the molecule is Br.CCCCC1CN(CCCCCC(C)C)C(C)CC1(C)c1ccccc1. The van der Waals surface area contributed by atoms with E-state index in [0.29, 0.717) is 11.5 Å². The van der Waals surface area contributed by atoms with Gasteiger partial charge in [-0.15, -0.1) is 17.0 Å². The van der Waals surface area contributed by atoms with Crippen LogP contribution in [0.4, 0.5) is 0 Å². The summed E-state index contributed by atoms with van der Waals surface area (Å²) in [4.78, 5) is 2.81. The molecule has 1 aliphatic rings. The number of piperidine rings is 1. The Morgan fingerprint density at radius 1 is 1.07 bits per heavy atom. The van der Waals surface area contributed by atoms with Gasteiger partial charge in [0.2, 0.25) is 0 Å². The first-order valence-electron chi connectivity index (χ1n) is 11.3. The van der Waals surface area contributed by atoms with Gasteiger partial charge in [0.25, 0.3) is 0 Å². The van der Waals surface area contributed by atoms with Crippen LogP contribution >= 0.6 is 17.0 Å². The largest absolute Gasteiger partial charge is 0.300 e. The van der Waals surface area contributed by atoms with Crippen LogP contribution in [0.5, 0.6) is 0 Å². The van der Waals surface area contributed by atoms with Crippen molar-refractivity contribution in [2.24, 2.45) is 11.8 Å². The van der Waals surface area contributed by atoms with Crippen LogP contribution in [0.2, 0.25) is 0 Å². The molecular formula is C25H44BrN. The van der Waals surface area contributed by atoms with Crippen molar-refractivity contribution in [2.45, 2.75) is 97.4 Å². The van der Waals surface area contributed by atoms with Crippen molar-refractivity contribution in [3.05, 3.63) is 35.9 Å². The lowest BCUT2D eigenvalue weighted by atomic mass is 9.64. The molecule has 0 aliphatic carbocycles. The maximum atomic E-state index is 2.81. The summed E-state index contributed by atoms with van der Waals surface area (Å²) in [7, 11) is 0. The van der Waals surface area contributed by atoms with Crippen molar-refractivity contribution in [1.82, 2.24) is 4.90 Å². The Labute approximate surface area is 180 Å². The van der Waals surface area contributed by atoms with Gasteiger partial charge in [-0.3, -0.25) is 0 Å². The number of rotatable bonds is 10. The average Bonchev–Trinajstić information content (AvgIpc) is 2.62. The van der Waals surface area contributed by atoms with Crippen molar-refractivity contribution in [3.63, 3.8) is 0 Å². The van der Waals surface area contributed by atoms with Gasteiger partial charge in [-0.05, 0) is 55.5 Å². The number of nitrogens with zero attached hydrogens (tertiary/aromatic N) is 1. The highest BCUT2D eigenvalue weighted by molar-refractivity contribution is 8.93. The fourth-order valence-corrected chi connectivity index (χ4v) is 4.96. The van der Waals surface area contributed by atoms with E-state index >= 15 is 0 Å². The molecule has 2 heteroatoms. The quantitative estimate of drug-likeness (QED) is 0.339. The molecule has 0 spiro atoms. The predicted octanol–water partition coefficient (Wildman–Crippen LogP) is 7.64. The number of benzene rings is 1. The Bertz CT molecular complexity index is 500. The van der Waals surface area contributed by atoms with Crippen LogP contribution in [0.1, 0.15) is 91.5 Å². The van der Waals surface area contributed by atoms with E-state index < -0.39 is 0 Å². The van der Waals surface area contributed by atoms with Gasteiger partial charge in [0.05, 0.1) is 0 Å². The third-order valence-electron chi connectivity index (χ3n) is 6.76. The molecule has 1 aromatic rings. The minimum absolute atomic E-state index is 0. The zero-order chi connectivity index (χ0) is 19.0. The van der Waals surface area contributed by atoms with Gasteiger partial charge in [-0.2, -0.15) is 0 Å². The molecule has 0 amide bonds. The first kappa shape index (κ1) is 24.7. The highest BCUT2D eigenvalue weighted by Crippen LogP contribution is 2.44. The molecule has 1 fully saturated rings. The Morgan fingerprint density at radius 3 is 2.41 bits per heavy atom. The van der Waals surface area contributed by atoms with E-state index in [1.54, 1.807) is 5.56 Å². The first-order chi connectivity index (χ1) is 12.5. The second kappa shape index (κ2) is 12.3. The fourth-order valence-electron chi connectivity index (χ4n) is 4.96. The lowest BCUT2D eigenvalue weighted by Crippen LogP contribution is -2.52. The molecule has 0 saturated carbocycles. The summed E-state index contributed by atoms with van der Waals surface area (Å²) in [5, 5.41) is 0. The maximum Gasteiger partial charge on any atom is 0.00755 e. The monoisotopic (exact) mass is 437 g/mol. The van der Waals surface area contributed by atoms with Crippen molar-refractivity contribution in [3.8, 4) is 0 Å². The van der Waals surface area contributed by atoms with E-state index in [1.165, 1.54) is 64.5 Å². The van der Waals surface area contributed by atoms with Gasteiger partial charge >= 0.3 is 0 Å². The number of hydrogen-bond donors (Lipinski definition) is 0. The Balaban J connectivity index is 0.00000364. The van der Waals surface area contributed by atoms with Crippen LogP contribution < -0.4 is 0 Å². The summed E-state index contributed by atoms with van der Waals surface area (Å²) in [5.41, 5.74) is 1.90. The molecule has 27 heavy (non-hydrogen) atoms. The van der Waals surface area contributed by atoms with E-state index in [-0.39, 0.29) is 17.0 Å². The summed E-state index contributed by atoms with van der Waals surface area (Å²) >= 11 is 0. The van der Waals surface area contributed by atoms with Gasteiger partial charge in [0.1, 0.15) is 0 Å². The van der Waals surface area contributed by atoms with Crippen LogP contribution in [0, 0.1) is 11.8 Å². The topological polar surface area (TPSA) is 3.24 Å². The summed E-state index contributed by atoms with van der Waals surface area (Å²) in [6, 6.07) is 12.0. The zero-order valence-electron chi connectivity index (χ0n) is 18.5. The van der Waals surface area contributed by atoms with Gasteiger partial charge < -0.3 is 4.90 Å². The van der Waals surface area contributed by atoms with Crippen molar-refractivity contribution < 1.29 is 0 Å². The molecule has 3 unspecified atom stereocenters. The molecule has 1 saturated heterocycles. The van der Waals surface area contributed by atoms with Crippen LogP contribution in [-0.2, 0) is 5.41 Å². The Morgan fingerprint density at radius 2 is 1.78 bits per heavy atom. The third kappa shape index (κ3) is 7.20. The number of likely N-dealkylation sites (tertiary alicyclic amines) is 1. The predicted molar refractivity (Wildman–Crippen MR) is 126 cm³/mol. The molecule has 0 radical (unpaired) electrons. The number of halogens is 1. The highest BCUT2D eigenvalue weighted by Gasteiger charge is 2.42. The average molecular weight is 439 g/mol. The van der Waals surface area contributed by atoms with E-state index in [2.05, 4.69) is 69.9 Å². The van der Waals surface area contributed by atoms with E-state index in [4.69, 9.17) is 0 Å². The molecule has 2 rings (SSSR count). The van der Waals surface area contributed by atoms with Crippen LogP contribution in [0.15, 0.2) is 30.3 Å². The molecule has 0 N–H and O–H groups in total. The lowest BCUT2D eigenvalue weighted by molar-refractivity contribution is 0.0482. The van der Waals surface area contributed by atoms with Gasteiger partial charge in [-0.1, -0.05) is 90.1 Å². The second-order valence-corrected chi connectivity index (χ2v) is 9.41.